The van der Waals surface area contributed by atoms with Gasteiger partial charge in [0.2, 0.25) is 11.8 Å². The number of carbonyl (C=O) groups is 2. The van der Waals surface area contributed by atoms with Gasteiger partial charge in [-0.25, -0.2) is 12.8 Å². The fourth-order valence-corrected chi connectivity index (χ4v) is 5.69. The molecule has 8 nitrogen and oxygen atoms in total. The fourth-order valence-electron chi connectivity index (χ4n) is 4.25. The third-order valence-corrected chi connectivity index (χ3v) is 8.02. The van der Waals surface area contributed by atoms with Gasteiger partial charge in [0.25, 0.3) is 10.0 Å². The number of rotatable bonds is 14. The van der Waals surface area contributed by atoms with Crippen molar-refractivity contribution in [1.29, 1.82) is 0 Å². The highest BCUT2D eigenvalue weighted by atomic mass is 32.2. The summed E-state index contributed by atoms with van der Waals surface area (Å²) in [5.74, 6) is -1.06. The molecule has 214 valence electrons. The molecule has 0 saturated carbocycles. The van der Waals surface area contributed by atoms with Gasteiger partial charge in [-0.15, -0.1) is 0 Å². The van der Waals surface area contributed by atoms with E-state index < -0.39 is 34.3 Å². The van der Waals surface area contributed by atoms with Crippen LogP contribution < -0.4 is 14.4 Å². The summed E-state index contributed by atoms with van der Waals surface area (Å²) >= 11 is 0. The summed E-state index contributed by atoms with van der Waals surface area (Å²) < 4.78 is 48.2. The summed E-state index contributed by atoms with van der Waals surface area (Å²) in [6, 6.07) is 19.2. The molecule has 0 heterocycles. The second-order valence-corrected chi connectivity index (χ2v) is 11.0. The quantitative estimate of drug-likeness (QED) is 0.302. The summed E-state index contributed by atoms with van der Waals surface area (Å²) in [6.07, 6.45) is 1.01. The summed E-state index contributed by atoms with van der Waals surface area (Å²) in [5, 5.41) is 2.84. The van der Waals surface area contributed by atoms with Crippen LogP contribution in [0.15, 0.2) is 83.8 Å². The van der Waals surface area contributed by atoms with Crippen molar-refractivity contribution >= 4 is 27.5 Å². The molecule has 3 rings (SSSR count). The van der Waals surface area contributed by atoms with E-state index in [1.165, 1.54) is 41.3 Å². The van der Waals surface area contributed by atoms with Crippen LogP contribution in [0.4, 0.5) is 10.1 Å². The summed E-state index contributed by atoms with van der Waals surface area (Å²) in [6.45, 7) is 5.61. The molecular formula is C30H36FN3O5S. The standard InChI is InChI=1S/C30H36FN3O5S/c1-4-20-32-30(36)26(5-2)33(21-23-16-18-24(31)19-17-23)29(35)22-34(27-14-10-11-15-28(27)39-6-3)40(37,38)25-12-8-7-9-13-25/h7-19,26H,4-6,20-22H2,1-3H3,(H,32,36)/t26-/m0/s1. The first-order chi connectivity index (χ1) is 19.2. The smallest absolute Gasteiger partial charge is 0.264 e. The van der Waals surface area contributed by atoms with Crippen molar-refractivity contribution in [2.24, 2.45) is 0 Å². The highest BCUT2D eigenvalue weighted by Crippen LogP contribution is 2.33. The van der Waals surface area contributed by atoms with Crippen LogP contribution in [-0.2, 0) is 26.2 Å². The van der Waals surface area contributed by atoms with E-state index in [0.717, 1.165) is 4.31 Å². The van der Waals surface area contributed by atoms with E-state index in [1.54, 1.807) is 56.3 Å². The summed E-state index contributed by atoms with van der Waals surface area (Å²) in [7, 11) is -4.21. The maximum Gasteiger partial charge on any atom is 0.264 e. The fraction of sp³-hybridized carbons (Fsp3) is 0.333. The van der Waals surface area contributed by atoms with Crippen LogP contribution in [0, 0.1) is 5.82 Å². The maximum absolute atomic E-state index is 14.0. The maximum atomic E-state index is 14.0. The molecule has 3 aromatic rings. The molecule has 0 aliphatic heterocycles. The van der Waals surface area contributed by atoms with Crippen molar-refractivity contribution in [1.82, 2.24) is 10.2 Å². The molecule has 40 heavy (non-hydrogen) atoms. The Balaban J connectivity index is 2.08. The van der Waals surface area contributed by atoms with Gasteiger partial charge in [-0.05, 0) is 61.7 Å². The van der Waals surface area contributed by atoms with Crippen LogP contribution in [0.1, 0.15) is 39.2 Å². The minimum atomic E-state index is -4.21. The van der Waals surface area contributed by atoms with Crippen molar-refractivity contribution in [2.75, 3.05) is 24.0 Å². The first kappa shape index (κ1) is 30.6. The molecule has 0 spiro atoms. The zero-order chi connectivity index (χ0) is 29.1. The lowest BCUT2D eigenvalue weighted by Gasteiger charge is -2.33. The number of para-hydroxylation sites is 2. The lowest BCUT2D eigenvalue weighted by molar-refractivity contribution is -0.140. The zero-order valence-corrected chi connectivity index (χ0v) is 23.9. The summed E-state index contributed by atoms with van der Waals surface area (Å²) in [4.78, 5) is 28.5. The Morgan fingerprint density at radius 1 is 0.925 bits per heavy atom. The molecular weight excluding hydrogens is 533 g/mol. The molecule has 2 amide bonds. The Bertz CT molecular complexity index is 1370. The third-order valence-electron chi connectivity index (χ3n) is 6.25. The lowest BCUT2D eigenvalue weighted by atomic mass is 10.1. The molecule has 10 heteroatoms. The first-order valence-corrected chi connectivity index (χ1v) is 14.8. The second kappa shape index (κ2) is 14.5. The van der Waals surface area contributed by atoms with Gasteiger partial charge in [0, 0.05) is 13.1 Å². The number of hydrogen-bond acceptors (Lipinski definition) is 5. The van der Waals surface area contributed by atoms with E-state index >= 15 is 0 Å². The number of nitrogens with zero attached hydrogens (tertiary/aromatic N) is 2. The van der Waals surface area contributed by atoms with Crippen molar-refractivity contribution in [3.05, 3.63) is 90.2 Å². The Morgan fingerprint density at radius 3 is 2.20 bits per heavy atom. The number of halogens is 1. The van der Waals surface area contributed by atoms with E-state index in [4.69, 9.17) is 4.74 Å². The van der Waals surface area contributed by atoms with E-state index in [9.17, 15) is 22.4 Å². The van der Waals surface area contributed by atoms with Gasteiger partial charge in [-0.3, -0.25) is 13.9 Å². The van der Waals surface area contributed by atoms with Gasteiger partial charge in [0.05, 0.1) is 17.2 Å². The number of nitrogens with one attached hydrogen (secondary N) is 1. The number of hydrogen-bond donors (Lipinski definition) is 1. The molecule has 3 aromatic carbocycles. The average Bonchev–Trinajstić information content (AvgIpc) is 2.96. The highest BCUT2D eigenvalue weighted by Gasteiger charge is 2.34. The van der Waals surface area contributed by atoms with Crippen LogP contribution in [-0.4, -0.2) is 50.9 Å². The van der Waals surface area contributed by atoms with Gasteiger partial charge in [-0.2, -0.15) is 0 Å². The predicted octanol–water partition coefficient (Wildman–Crippen LogP) is 4.75. The van der Waals surface area contributed by atoms with Gasteiger partial charge >= 0.3 is 0 Å². The zero-order valence-electron chi connectivity index (χ0n) is 23.0. The van der Waals surface area contributed by atoms with E-state index in [0.29, 0.717) is 30.7 Å². The molecule has 1 atom stereocenters. The minimum Gasteiger partial charge on any atom is -0.492 e. The predicted molar refractivity (Wildman–Crippen MR) is 153 cm³/mol. The highest BCUT2D eigenvalue weighted by molar-refractivity contribution is 7.92. The molecule has 0 saturated heterocycles. The van der Waals surface area contributed by atoms with Crippen molar-refractivity contribution in [3.63, 3.8) is 0 Å². The molecule has 0 aromatic heterocycles. The number of ether oxygens (including phenoxy) is 1. The Labute approximate surface area is 235 Å². The largest absolute Gasteiger partial charge is 0.492 e. The van der Waals surface area contributed by atoms with Gasteiger partial charge in [0.1, 0.15) is 24.2 Å². The number of benzene rings is 3. The monoisotopic (exact) mass is 569 g/mol. The van der Waals surface area contributed by atoms with Crippen LogP contribution in [0.5, 0.6) is 5.75 Å². The number of sulfonamides is 1. The Hall–Kier alpha value is -3.92. The van der Waals surface area contributed by atoms with Crippen LogP contribution in [0.3, 0.4) is 0 Å². The average molecular weight is 570 g/mol. The second-order valence-electron chi connectivity index (χ2n) is 9.09. The number of anilines is 1. The molecule has 0 fully saturated rings. The van der Waals surface area contributed by atoms with Crippen molar-refractivity contribution in [2.45, 2.75) is 51.1 Å². The van der Waals surface area contributed by atoms with Crippen LogP contribution in [0.25, 0.3) is 0 Å². The number of amides is 2. The molecule has 1 N–H and O–H groups in total. The Kier molecular flexibility index (Phi) is 11.1. The van der Waals surface area contributed by atoms with Gasteiger partial charge in [0.15, 0.2) is 0 Å². The van der Waals surface area contributed by atoms with Gasteiger partial charge < -0.3 is 15.0 Å². The molecule has 0 radical (unpaired) electrons. The van der Waals surface area contributed by atoms with Crippen LogP contribution in [0.2, 0.25) is 0 Å². The topological polar surface area (TPSA) is 96.0 Å². The molecule has 0 unspecified atom stereocenters. The normalized spacial score (nSPS) is 11.9. The first-order valence-electron chi connectivity index (χ1n) is 13.3. The van der Waals surface area contributed by atoms with Crippen molar-refractivity contribution < 1.29 is 27.1 Å². The molecule has 0 aliphatic rings. The SMILES string of the molecule is CCCNC(=O)[C@H](CC)N(Cc1ccc(F)cc1)C(=O)CN(c1ccccc1OCC)S(=O)(=O)c1ccccc1. The van der Waals surface area contributed by atoms with Crippen LogP contribution >= 0.6 is 0 Å². The van der Waals surface area contributed by atoms with E-state index in [2.05, 4.69) is 5.32 Å². The van der Waals surface area contributed by atoms with E-state index in [1.807, 2.05) is 6.92 Å². The van der Waals surface area contributed by atoms with Gasteiger partial charge in [-0.1, -0.05) is 56.3 Å². The lowest BCUT2D eigenvalue weighted by Crippen LogP contribution is -2.52. The van der Waals surface area contributed by atoms with E-state index in [-0.39, 0.29) is 29.6 Å². The molecule has 0 bridgehead atoms. The Morgan fingerprint density at radius 2 is 1.57 bits per heavy atom. The molecule has 0 aliphatic carbocycles. The summed E-state index contributed by atoms with van der Waals surface area (Å²) in [5.41, 5.74) is 0.801. The minimum absolute atomic E-state index is 0.00640. The van der Waals surface area contributed by atoms with Crippen molar-refractivity contribution in [3.8, 4) is 5.75 Å². The number of carbonyl (C=O) groups excluding carboxylic acids is 2. The third kappa shape index (κ3) is 7.59.